The van der Waals surface area contributed by atoms with Crippen LogP contribution in [-0.4, -0.2) is 47.5 Å². The van der Waals surface area contributed by atoms with E-state index < -0.39 is 11.1 Å². The normalized spacial score (nSPS) is 37.0. The van der Waals surface area contributed by atoms with Crippen molar-refractivity contribution >= 4 is 24.3 Å². The van der Waals surface area contributed by atoms with Crippen LogP contribution in [0.3, 0.4) is 0 Å². The molecule has 0 aromatic carbocycles. The average Bonchev–Trinajstić information content (AvgIpc) is 2.82. The van der Waals surface area contributed by atoms with Crippen molar-refractivity contribution in [3.05, 3.63) is 0 Å². The van der Waals surface area contributed by atoms with E-state index in [2.05, 4.69) is 20.0 Å². The minimum atomic E-state index is -0.952. The zero-order valence-corrected chi connectivity index (χ0v) is 11.1. The number of nitrogens with zero attached hydrogens (tertiary/aromatic N) is 4. The molecule has 8 nitrogen and oxygen atoms in total. The highest BCUT2D eigenvalue weighted by Crippen LogP contribution is 2.54. The van der Waals surface area contributed by atoms with Crippen molar-refractivity contribution in [3.63, 3.8) is 0 Å². The lowest BCUT2D eigenvalue weighted by molar-refractivity contribution is 0.105. The van der Waals surface area contributed by atoms with Gasteiger partial charge >= 0.3 is 0 Å². The lowest BCUT2D eigenvalue weighted by Crippen LogP contribution is -2.60. The molecule has 0 amide bonds. The maximum Gasteiger partial charge on any atom is 0.235 e. The zero-order valence-electron chi connectivity index (χ0n) is 11.1. The molecule has 2 saturated carbocycles. The van der Waals surface area contributed by atoms with Crippen LogP contribution in [0.5, 0.6) is 0 Å². The van der Waals surface area contributed by atoms with Crippen LogP contribution in [0.1, 0.15) is 32.1 Å². The third-order valence-electron chi connectivity index (χ3n) is 4.47. The Morgan fingerprint density at radius 2 is 1.24 bits per heavy atom. The first-order valence-electron chi connectivity index (χ1n) is 6.47. The van der Waals surface area contributed by atoms with Gasteiger partial charge in [-0.1, -0.05) is 0 Å². The fraction of sp³-hybridized carbons (Fsp3) is 0.692. The maximum absolute atomic E-state index is 10.8. The topological polar surface area (TPSA) is 118 Å². The van der Waals surface area contributed by atoms with Crippen LogP contribution < -0.4 is 0 Å². The van der Waals surface area contributed by atoms with E-state index in [9.17, 15) is 19.2 Å². The van der Waals surface area contributed by atoms with Crippen LogP contribution >= 0.6 is 0 Å². The Hall–Kier alpha value is -2.48. The molecule has 0 aliphatic heterocycles. The Morgan fingerprint density at radius 1 is 0.714 bits per heavy atom. The van der Waals surface area contributed by atoms with Gasteiger partial charge in [-0.2, -0.15) is 9.98 Å². The van der Waals surface area contributed by atoms with Gasteiger partial charge in [-0.05, 0) is 32.1 Å². The number of hydrogen-bond donors (Lipinski definition) is 0. The van der Waals surface area contributed by atoms with E-state index in [0.717, 1.165) is 0 Å². The second-order valence-electron chi connectivity index (χ2n) is 5.37. The van der Waals surface area contributed by atoms with Gasteiger partial charge in [0, 0.05) is 0 Å². The van der Waals surface area contributed by atoms with Crippen molar-refractivity contribution < 1.29 is 19.2 Å². The molecule has 8 heteroatoms. The third-order valence-corrected chi connectivity index (χ3v) is 4.47. The van der Waals surface area contributed by atoms with Gasteiger partial charge in [-0.3, -0.25) is 0 Å². The lowest BCUT2D eigenvalue weighted by atomic mass is 9.61. The molecule has 0 N–H and O–H groups in total. The third kappa shape index (κ3) is 2.45. The molecule has 2 rings (SSSR count). The van der Waals surface area contributed by atoms with E-state index in [0.29, 0.717) is 32.1 Å². The molecule has 0 spiro atoms. The molecule has 0 saturated heterocycles. The molecule has 2 aliphatic carbocycles. The standard InChI is InChI=1S/C13H12N4O4/c18-6-14-10-1-2-12(3-10,16-8-20)13(17-9-21)4-11(5-13)15-7-19/h10-11H,1-5H2. The summed E-state index contributed by atoms with van der Waals surface area (Å²) in [7, 11) is 0. The monoisotopic (exact) mass is 288 g/mol. The molecular formula is C13H12N4O4. The Morgan fingerprint density at radius 3 is 1.81 bits per heavy atom. The summed E-state index contributed by atoms with van der Waals surface area (Å²) in [4.78, 5) is 57.3. The smallest absolute Gasteiger partial charge is 0.211 e. The summed E-state index contributed by atoms with van der Waals surface area (Å²) < 4.78 is 0. The van der Waals surface area contributed by atoms with Gasteiger partial charge in [0.25, 0.3) is 0 Å². The highest BCUT2D eigenvalue weighted by atomic mass is 16.1. The summed E-state index contributed by atoms with van der Waals surface area (Å²) in [6.45, 7) is 0. The lowest BCUT2D eigenvalue weighted by Gasteiger charge is -2.50. The molecular weight excluding hydrogens is 276 g/mol. The first kappa shape index (κ1) is 14.9. The van der Waals surface area contributed by atoms with E-state index in [1.807, 2.05) is 0 Å². The summed E-state index contributed by atoms with van der Waals surface area (Å²) in [5.41, 5.74) is -1.89. The minimum Gasteiger partial charge on any atom is -0.211 e. The van der Waals surface area contributed by atoms with Gasteiger partial charge in [-0.25, -0.2) is 29.2 Å². The van der Waals surface area contributed by atoms with Crippen molar-refractivity contribution in [2.45, 2.75) is 55.3 Å². The van der Waals surface area contributed by atoms with E-state index in [1.54, 1.807) is 0 Å². The van der Waals surface area contributed by atoms with Crippen molar-refractivity contribution in [2.24, 2.45) is 20.0 Å². The zero-order chi connectivity index (χ0) is 15.3. The minimum absolute atomic E-state index is 0.299. The van der Waals surface area contributed by atoms with Crippen LogP contribution in [-0.2, 0) is 19.2 Å². The highest BCUT2D eigenvalue weighted by molar-refractivity contribution is 5.44. The van der Waals surface area contributed by atoms with Gasteiger partial charge in [-0.15, -0.1) is 0 Å². The van der Waals surface area contributed by atoms with Gasteiger partial charge in [0.15, 0.2) is 0 Å². The Labute approximate surface area is 119 Å². The molecule has 108 valence electrons. The molecule has 21 heavy (non-hydrogen) atoms. The molecule has 2 unspecified atom stereocenters. The molecule has 2 atom stereocenters. The van der Waals surface area contributed by atoms with E-state index in [4.69, 9.17) is 0 Å². The summed E-state index contributed by atoms with van der Waals surface area (Å²) in [6, 6.07) is -0.612. The van der Waals surface area contributed by atoms with Crippen molar-refractivity contribution in [3.8, 4) is 0 Å². The van der Waals surface area contributed by atoms with Crippen LogP contribution in [0.4, 0.5) is 0 Å². The largest absolute Gasteiger partial charge is 0.235 e. The number of rotatable bonds is 5. The van der Waals surface area contributed by atoms with Crippen LogP contribution in [0, 0.1) is 0 Å². The summed E-state index contributed by atoms with van der Waals surface area (Å²) >= 11 is 0. The number of aliphatic imine (C=N–C) groups is 4. The van der Waals surface area contributed by atoms with Crippen LogP contribution in [0.15, 0.2) is 20.0 Å². The summed E-state index contributed by atoms with van der Waals surface area (Å²) in [5.74, 6) is 0. The predicted octanol–water partition coefficient (Wildman–Crippen LogP) is 0.522. The number of isocyanates is 4. The first-order chi connectivity index (χ1) is 10.1. The Balaban J connectivity index is 2.36. The summed E-state index contributed by atoms with van der Waals surface area (Å²) in [5, 5.41) is 0. The van der Waals surface area contributed by atoms with E-state index >= 15 is 0 Å². The Bertz CT molecular complexity index is 616. The van der Waals surface area contributed by atoms with Crippen LogP contribution in [0.2, 0.25) is 0 Å². The highest BCUT2D eigenvalue weighted by Gasteiger charge is 2.62. The summed E-state index contributed by atoms with van der Waals surface area (Å²) in [6.07, 6.45) is 7.91. The molecule has 2 aliphatic rings. The molecule has 0 radical (unpaired) electrons. The predicted molar refractivity (Wildman–Crippen MR) is 68.6 cm³/mol. The van der Waals surface area contributed by atoms with Crippen molar-refractivity contribution in [1.82, 2.24) is 0 Å². The second-order valence-corrected chi connectivity index (χ2v) is 5.37. The fourth-order valence-electron chi connectivity index (χ4n) is 3.45. The van der Waals surface area contributed by atoms with Gasteiger partial charge in [0.2, 0.25) is 24.3 Å². The van der Waals surface area contributed by atoms with E-state index in [-0.39, 0.29) is 12.1 Å². The van der Waals surface area contributed by atoms with Crippen molar-refractivity contribution in [2.75, 3.05) is 0 Å². The molecule has 0 aromatic heterocycles. The maximum atomic E-state index is 10.8. The fourth-order valence-corrected chi connectivity index (χ4v) is 3.45. The van der Waals surface area contributed by atoms with Gasteiger partial charge < -0.3 is 0 Å². The number of hydrogen-bond acceptors (Lipinski definition) is 8. The van der Waals surface area contributed by atoms with Crippen molar-refractivity contribution in [1.29, 1.82) is 0 Å². The molecule has 0 aromatic rings. The first-order valence-corrected chi connectivity index (χ1v) is 6.47. The average molecular weight is 288 g/mol. The molecule has 0 bridgehead atoms. The van der Waals surface area contributed by atoms with Gasteiger partial charge in [0.1, 0.15) is 11.1 Å². The molecule has 0 heterocycles. The SMILES string of the molecule is O=C=NC1CCC(N=C=O)(C2(N=C=O)CC(N=C=O)C2)C1. The Kier molecular flexibility index (Phi) is 4.18. The quantitative estimate of drug-likeness (QED) is 0.541. The molecule has 2 fully saturated rings. The van der Waals surface area contributed by atoms with Crippen LogP contribution in [0.25, 0.3) is 0 Å². The second kappa shape index (κ2) is 5.88. The van der Waals surface area contributed by atoms with Gasteiger partial charge in [0.05, 0.1) is 12.1 Å². The number of carbonyl (C=O) groups excluding carboxylic acids is 4. The van der Waals surface area contributed by atoms with E-state index in [1.165, 1.54) is 24.3 Å².